The van der Waals surface area contributed by atoms with Crippen molar-refractivity contribution in [3.63, 3.8) is 0 Å². The SMILES string of the molecule is N[C@@H](C(=O)NC1C(=O)N2C(C(=O)O)=C(CSc3n[nH]c(CC(=O)O)n3)CS[C@H]12)c1ccc(O)cc1. The molecule has 7 N–H and O–H groups in total. The largest absolute Gasteiger partial charge is 0.508 e. The van der Waals surface area contributed by atoms with Crippen LogP contribution < -0.4 is 11.1 Å². The number of aromatic nitrogens is 3. The molecule has 0 bridgehead atoms. The Morgan fingerprint density at radius 1 is 1.29 bits per heavy atom. The number of carboxylic acid groups (broad SMARTS) is 2. The third kappa shape index (κ3) is 5.11. The van der Waals surface area contributed by atoms with Gasteiger partial charge in [0.2, 0.25) is 11.1 Å². The quantitative estimate of drug-likeness (QED) is 0.185. The highest BCUT2D eigenvalue weighted by molar-refractivity contribution is 8.01. The topological polar surface area (TPSA) is 212 Å². The first-order valence-electron chi connectivity index (χ1n) is 10.2. The summed E-state index contributed by atoms with van der Waals surface area (Å²) < 4.78 is 0. The van der Waals surface area contributed by atoms with Gasteiger partial charge in [-0.3, -0.25) is 24.4 Å². The third-order valence-electron chi connectivity index (χ3n) is 5.29. The first-order valence-corrected chi connectivity index (χ1v) is 12.2. The minimum absolute atomic E-state index is 0.0236. The summed E-state index contributed by atoms with van der Waals surface area (Å²) in [6.07, 6.45) is -0.319. The number of fused-ring (bicyclic) bond motifs is 1. The summed E-state index contributed by atoms with van der Waals surface area (Å²) in [7, 11) is 0. The van der Waals surface area contributed by atoms with Gasteiger partial charge in [-0.1, -0.05) is 23.9 Å². The number of phenolic OH excluding ortho intramolecular Hbond substituents is 1. The van der Waals surface area contributed by atoms with Gasteiger partial charge in [0, 0.05) is 11.5 Å². The fourth-order valence-corrected chi connectivity index (χ4v) is 5.89. The number of nitrogens with one attached hydrogen (secondary N) is 2. The Kier molecular flexibility index (Phi) is 7.00. The van der Waals surface area contributed by atoms with Gasteiger partial charge >= 0.3 is 11.9 Å². The van der Waals surface area contributed by atoms with E-state index in [1.54, 1.807) is 0 Å². The van der Waals surface area contributed by atoms with E-state index in [2.05, 4.69) is 20.5 Å². The van der Waals surface area contributed by atoms with Gasteiger partial charge in [-0.25, -0.2) is 9.78 Å². The molecule has 15 heteroatoms. The molecule has 35 heavy (non-hydrogen) atoms. The van der Waals surface area contributed by atoms with Crippen LogP contribution in [-0.2, 0) is 25.6 Å². The number of carbonyl (C=O) groups is 4. The molecule has 2 aliphatic rings. The Balaban J connectivity index is 1.42. The number of nitrogens with zero attached hydrogens (tertiary/aromatic N) is 3. The molecule has 2 amide bonds. The number of aliphatic carboxylic acids is 2. The van der Waals surface area contributed by atoms with Crippen LogP contribution in [0, 0.1) is 0 Å². The first-order chi connectivity index (χ1) is 16.7. The highest BCUT2D eigenvalue weighted by Crippen LogP contribution is 2.41. The van der Waals surface area contributed by atoms with E-state index in [1.807, 2.05) is 0 Å². The third-order valence-corrected chi connectivity index (χ3v) is 7.56. The number of carbonyl (C=O) groups excluding carboxylic acids is 2. The number of carboxylic acids is 2. The molecule has 0 radical (unpaired) electrons. The molecule has 2 aliphatic heterocycles. The molecular formula is C20H20N6O7S2. The van der Waals surface area contributed by atoms with E-state index < -0.39 is 41.2 Å². The van der Waals surface area contributed by atoms with Crippen molar-refractivity contribution in [1.82, 2.24) is 25.4 Å². The maximum atomic E-state index is 12.8. The maximum absolute atomic E-state index is 12.8. The molecular weight excluding hydrogens is 500 g/mol. The highest BCUT2D eigenvalue weighted by atomic mass is 32.2. The van der Waals surface area contributed by atoms with Crippen LogP contribution in [0.1, 0.15) is 17.4 Å². The Labute approximate surface area is 206 Å². The fourth-order valence-electron chi connectivity index (χ4n) is 3.59. The molecule has 13 nitrogen and oxygen atoms in total. The van der Waals surface area contributed by atoms with Crippen molar-refractivity contribution in [1.29, 1.82) is 0 Å². The molecule has 1 aromatic carbocycles. The van der Waals surface area contributed by atoms with Crippen LogP contribution in [0.25, 0.3) is 0 Å². The van der Waals surface area contributed by atoms with Crippen LogP contribution in [-0.4, -0.2) is 82.1 Å². The maximum Gasteiger partial charge on any atom is 0.352 e. The van der Waals surface area contributed by atoms with Crippen molar-refractivity contribution < 1.29 is 34.5 Å². The van der Waals surface area contributed by atoms with Gasteiger partial charge in [-0.05, 0) is 23.3 Å². The summed E-state index contributed by atoms with van der Waals surface area (Å²) in [6.45, 7) is 0. The zero-order chi connectivity index (χ0) is 25.3. The summed E-state index contributed by atoms with van der Waals surface area (Å²) in [4.78, 5) is 53.4. The zero-order valence-corrected chi connectivity index (χ0v) is 19.5. The summed E-state index contributed by atoms with van der Waals surface area (Å²) >= 11 is 2.43. The molecule has 1 saturated heterocycles. The molecule has 0 aliphatic carbocycles. The number of amides is 2. The summed E-state index contributed by atoms with van der Waals surface area (Å²) in [6, 6.07) is 3.79. The number of thioether (sulfide) groups is 2. The summed E-state index contributed by atoms with van der Waals surface area (Å²) in [5.41, 5.74) is 6.75. The Morgan fingerprint density at radius 2 is 2.00 bits per heavy atom. The second-order valence-corrected chi connectivity index (χ2v) is 9.69. The van der Waals surface area contributed by atoms with Crippen molar-refractivity contribution >= 4 is 47.3 Å². The van der Waals surface area contributed by atoms with Gasteiger partial charge in [0.15, 0.2) is 0 Å². The second kappa shape index (κ2) is 9.97. The summed E-state index contributed by atoms with van der Waals surface area (Å²) in [5.74, 6) is -2.82. The van der Waals surface area contributed by atoms with Gasteiger partial charge in [-0.2, -0.15) is 0 Å². The van der Waals surface area contributed by atoms with E-state index >= 15 is 0 Å². The molecule has 0 saturated carbocycles. The van der Waals surface area contributed by atoms with Gasteiger partial charge in [0.1, 0.15) is 41.1 Å². The molecule has 1 unspecified atom stereocenters. The monoisotopic (exact) mass is 520 g/mol. The van der Waals surface area contributed by atoms with E-state index in [-0.39, 0.29) is 34.6 Å². The number of phenols is 1. The predicted octanol–water partition coefficient (Wildman–Crippen LogP) is -0.332. The highest BCUT2D eigenvalue weighted by Gasteiger charge is 2.54. The lowest BCUT2D eigenvalue weighted by atomic mass is 10.0. The number of aromatic amines is 1. The normalized spacial score (nSPS) is 20.1. The molecule has 3 heterocycles. The predicted molar refractivity (Wildman–Crippen MR) is 123 cm³/mol. The average molecular weight is 521 g/mol. The molecule has 2 aromatic rings. The van der Waals surface area contributed by atoms with Crippen molar-refractivity contribution in [2.24, 2.45) is 5.73 Å². The number of benzene rings is 1. The second-order valence-electron chi connectivity index (χ2n) is 7.65. The number of aromatic hydroxyl groups is 1. The van der Waals surface area contributed by atoms with Crippen LogP contribution in [0.15, 0.2) is 40.7 Å². The van der Waals surface area contributed by atoms with Gasteiger partial charge < -0.3 is 26.4 Å². The minimum atomic E-state index is -1.27. The molecule has 184 valence electrons. The zero-order valence-electron chi connectivity index (χ0n) is 17.9. The fraction of sp³-hybridized carbons (Fsp3) is 0.300. The molecule has 1 fully saturated rings. The number of H-pyrrole nitrogens is 1. The van der Waals surface area contributed by atoms with Crippen LogP contribution in [0.4, 0.5) is 0 Å². The standard InChI is InChI=1S/C20H20N6O7S2/c21-13(8-1-3-10(27)4-2-8)16(30)23-14-17(31)26-15(19(32)33)9(6-34-18(14)26)7-35-20-22-11(24-25-20)5-12(28)29/h1-4,13-14,18,27H,5-7,21H2,(H,23,30)(H,28,29)(H,32,33)(H,22,24,25)/t13-,14?,18-/m1/s1. The number of rotatable bonds is 9. The average Bonchev–Trinajstić information content (AvgIpc) is 3.26. The molecule has 1 aromatic heterocycles. The van der Waals surface area contributed by atoms with Crippen molar-refractivity contribution in [3.8, 4) is 5.75 Å². The molecule has 3 atom stereocenters. The number of hydrogen-bond donors (Lipinski definition) is 6. The molecule has 4 rings (SSSR count). The summed E-state index contributed by atoms with van der Waals surface area (Å²) in [5, 5.41) is 36.7. The number of hydrogen-bond acceptors (Lipinski definition) is 10. The van der Waals surface area contributed by atoms with Crippen molar-refractivity contribution in [2.45, 2.75) is 29.0 Å². The van der Waals surface area contributed by atoms with Crippen LogP contribution in [0.3, 0.4) is 0 Å². The lowest BCUT2D eigenvalue weighted by molar-refractivity contribution is -0.150. The number of nitrogens with two attached hydrogens (primary N) is 1. The lowest BCUT2D eigenvalue weighted by Gasteiger charge is -2.49. The Bertz CT molecular complexity index is 1210. The smallest absolute Gasteiger partial charge is 0.352 e. The van der Waals surface area contributed by atoms with Gasteiger partial charge in [-0.15, -0.1) is 16.9 Å². The van der Waals surface area contributed by atoms with Crippen molar-refractivity contribution in [3.05, 3.63) is 46.9 Å². The Hall–Kier alpha value is -3.56. The minimum Gasteiger partial charge on any atom is -0.508 e. The van der Waals surface area contributed by atoms with E-state index in [9.17, 15) is 29.4 Å². The number of β-lactam (4-membered cyclic amide) rings is 1. The molecule has 0 spiro atoms. The van der Waals surface area contributed by atoms with E-state index in [4.69, 9.17) is 10.8 Å². The van der Waals surface area contributed by atoms with E-state index in [1.165, 1.54) is 36.0 Å². The van der Waals surface area contributed by atoms with Crippen LogP contribution >= 0.6 is 23.5 Å². The van der Waals surface area contributed by atoms with Crippen LogP contribution in [0.2, 0.25) is 0 Å². The Morgan fingerprint density at radius 3 is 2.66 bits per heavy atom. The lowest BCUT2D eigenvalue weighted by Crippen LogP contribution is -2.71. The van der Waals surface area contributed by atoms with Crippen molar-refractivity contribution in [2.75, 3.05) is 11.5 Å². The first kappa shape index (κ1) is 24.6. The van der Waals surface area contributed by atoms with E-state index in [0.29, 0.717) is 16.9 Å². The van der Waals surface area contributed by atoms with Gasteiger partial charge in [0.25, 0.3) is 5.91 Å². The van der Waals surface area contributed by atoms with Gasteiger partial charge in [0.05, 0.1) is 0 Å². The van der Waals surface area contributed by atoms with Crippen LogP contribution in [0.5, 0.6) is 5.75 Å². The van der Waals surface area contributed by atoms with E-state index in [0.717, 1.165) is 16.7 Å².